The van der Waals surface area contributed by atoms with E-state index in [4.69, 9.17) is 16.0 Å². The number of benzene rings is 2. The van der Waals surface area contributed by atoms with E-state index in [0.29, 0.717) is 11.0 Å². The van der Waals surface area contributed by atoms with Gasteiger partial charge in [0.2, 0.25) is 0 Å². The van der Waals surface area contributed by atoms with Crippen LogP contribution in [0.25, 0.3) is 11.0 Å². The number of nitro groups is 1. The highest BCUT2D eigenvalue weighted by Crippen LogP contribution is 2.24. The molecule has 24 heavy (non-hydrogen) atoms. The van der Waals surface area contributed by atoms with Crippen LogP contribution in [0.1, 0.15) is 10.6 Å². The molecule has 0 spiro atoms. The van der Waals surface area contributed by atoms with E-state index in [0.717, 1.165) is 6.07 Å². The van der Waals surface area contributed by atoms with Gasteiger partial charge in [-0.1, -0.05) is 11.6 Å². The van der Waals surface area contributed by atoms with Gasteiger partial charge in [0.25, 0.3) is 5.69 Å². The molecule has 3 rings (SSSR count). The second kappa shape index (κ2) is 6.17. The van der Waals surface area contributed by atoms with E-state index < -0.39 is 16.6 Å². The maximum absolute atomic E-state index is 13.6. The minimum Gasteiger partial charge on any atom is -0.451 e. The Kier molecular flexibility index (Phi) is 4.05. The molecular formula is C15H9ClFN3O4. The second-order valence-electron chi connectivity index (χ2n) is 4.79. The zero-order valence-corrected chi connectivity index (χ0v) is 12.6. The molecule has 7 nitrogen and oxygen atoms in total. The summed E-state index contributed by atoms with van der Waals surface area (Å²) in [4.78, 5) is 22.2. The first-order chi connectivity index (χ1) is 11.4. The van der Waals surface area contributed by atoms with Gasteiger partial charge in [0.05, 0.1) is 10.6 Å². The fourth-order valence-corrected chi connectivity index (χ4v) is 2.19. The second-order valence-corrected chi connectivity index (χ2v) is 5.23. The number of hydrazine groups is 1. The molecule has 2 aromatic carbocycles. The van der Waals surface area contributed by atoms with E-state index in [9.17, 15) is 19.3 Å². The summed E-state index contributed by atoms with van der Waals surface area (Å²) in [6.45, 7) is 0. The number of furan rings is 1. The molecule has 0 aliphatic carbocycles. The van der Waals surface area contributed by atoms with Gasteiger partial charge in [-0.2, -0.15) is 0 Å². The van der Waals surface area contributed by atoms with Crippen molar-refractivity contribution in [3.05, 3.63) is 69.2 Å². The molecule has 1 heterocycles. The first-order valence-electron chi connectivity index (χ1n) is 6.63. The number of halogens is 2. The average molecular weight is 350 g/mol. The molecular weight excluding hydrogens is 341 g/mol. The number of hydrogen-bond acceptors (Lipinski definition) is 5. The molecule has 0 saturated carbocycles. The number of nitrogens with zero attached hydrogens (tertiary/aromatic N) is 1. The Morgan fingerprint density at radius 3 is 2.71 bits per heavy atom. The van der Waals surface area contributed by atoms with Gasteiger partial charge in [-0.15, -0.1) is 0 Å². The molecule has 0 radical (unpaired) electrons. The molecule has 0 atom stereocenters. The maximum atomic E-state index is 13.6. The lowest BCUT2D eigenvalue weighted by Gasteiger charge is -2.08. The number of rotatable bonds is 4. The van der Waals surface area contributed by atoms with Crippen molar-refractivity contribution in [1.82, 2.24) is 5.43 Å². The van der Waals surface area contributed by atoms with Gasteiger partial charge < -0.3 is 4.42 Å². The number of non-ortho nitro benzene ring substituents is 1. The lowest BCUT2D eigenvalue weighted by Crippen LogP contribution is -2.29. The summed E-state index contributed by atoms with van der Waals surface area (Å²) in [5.41, 5.74) is 4.92. The number of carbonyl (C=O) groups is 1. The van der Waals surface area contributed by atoms with Crippen molar-refractivity contribution in [3.8, 4) is 0 Å². The summed E-state index contributed by atoms with van der Waals surface area (Å²) in [6.07, 6.45) is 0. The molecule has 9 heteroatoms. The van der Waals surface area contributed by atoms with Gasteiger partial charge >= 0.3 is 5.91 Å². The van der Waals surface area contributed by atoms with E-state index >= 15 is 0 Å². The Morgan fingerprint density at radius 2 is 2.00 bits per heavy atom. The summed E-state index contributed by atoms with van der Waals surface area (Å²) in [5, 5.41) is 11.4. The first kappa shape index (κ1) is 15.8. The average Bonchev–Trinajstić information content (AvgIpc) is 2.96. The SMILES string of the molecule is O=C(NNc1ccc(Cl)cc1F)c1cc2cc([N+](=O)[O-])ccc2o1. The number of carbonyl (C=O) groups excluding carboxylic acids is 1. The highest BCUT2D eigenvalue weighted by molar-refractivity contribution is 6.30. The molecule has 3 aromatic rings. The van der Waals surface area contributed by atoms with Crippen LogP contribution in [0.3, 0.4) is 0 Å². The quantitative estimate of drug-likeness (QED) is 0.550. The monoisotopic (exact) mass is 349 g/mol. The highest BCUT2D eigenvalue weighted by atomic mass is 35.5. The Bertz CT molecular complexity index is 957. The number of amides is 1. The highest BCUT2D eigenvalue weighted by Gasteiger charge is 2.15. The third-order valence-corrected chi connectivity index (χ3v) is 3.41. The topological polar surface area (TPSA) is 97.4 Å². The van der Waals surface area contributed by atoms with Crippen LogP contribution in [-0.2, 0) is 0 Å². The summed E-state index contributed by atoms with van der Waals surface area (Å²) in [5.74, 6) is -1.38. The van der Waals surface area contributed by atoms with E-state index in [1.165, 1.54) is 36.4 Å². The van der Waals surface area contributed by atoms with E-state index in [1.807, 2.05) is 0 Å². The summed E-state index contributed by atoms with van der Waals surface area (Å²) in [7, 11) is 0. The fourth-order valence-electron chi connectivity index (χ4n) is 2.03. The Balaban J connectivity index is 1.77. The number of nitrogens with one attached hydrogen (secondary N) is 2. The van der Waals surface area contributed by atoms with Crippen molar-refractivity contribution in [1.29, 1.82) is 0 Å². The van der Waals surface area contributed by atoms with Gasteiger partial charge in [-0.25, -0.2) is 4.39 Å². The molecule has 1 amide bonds. The van der Waals surface area contributed by atoms with Gasteiger partial charge in [0.1, 0.15) is 11.4 Å². The summed E-state index contributed by atoms with van der Waals surface area (Å²) < 4.78 is 18.9. The Labute approximate surface area is 139 Å². The lowest BCUT2D eigenvalue weighted by molar-refractivity contribution is -0.384. The van der Waals surface area contributed by atoms with Crippen molar-refractivity contribution in [2.45, 2.75) is 0 Å². The van der Waals surface area contributed by atoms with Crippen molar-refractivity contribution in [2.24, 2.45) is 0 Å². The zero-order valence-electron chi connectivity index (χ0n) is 11.9. The molecule has 0 fully saturated rings. The van der Waals surface area contributed by atoms with Crippen molar-refractivity contribution < 1.29 is 18.5 Å². The zero-order chi connectivity index (χ0) is 17.3. The molecule has 0 aliphatic heterocycles. The van der Waals surface area contributed by atoms with Crippen LogP contribution in [0.4, 0.5) is 15.8 Å². The summed E-state index contributed by atoms with van der Waals surface area (Å²) >= 11 is 5.64. The van der Waals surface area contributed by atoms with Crippen LogP contribution in [0.2, 0.25) is 5.02 Å². The summed E-state index contributed by atoms with van der Waals surface area (Å²) in [6, 6.07) is 9.24. The fraction of sp³-hybridized carbons (Fsp3) is 0. The van der Waals surface area contributed by atoms with Crippen LogP contribution in [0.15, 0.2) is 46.9 Å². The smallest absolute Gasteiger partial charge is 0.305 e. The number of anilines is 1. The molecule has 0 aliphatic rings. The molecule has 2 N–H and O–H groups in total. The van der Waals surface area contributed by atoms with Crippen molar-refractivity contribution >= 4 is 39.9 Å². The van der Waals surface area contributed by atoms with Gasteiger partial charge in [-0.05, 0) is 30.3 Å². The predicted octanol–water partition coefficient (Wildman–Crippen LogP) is 3.89. The molecule has 0 bridgehead atoms. The van der Waals surface area contributed by atoms with E-state index in [1.54, 1.807) is 0 Å². The molecule has 0 saturated heterocycles. The third-order valence-electron chi connectivity index (χ3n) is 3.18. The number of fused-ring (bicyclic) bond motifs is 1. The molecule has 1 aromatic heterocycles. The minimum absolute atomic E-state index is 0.0273. The Morgan fingerprint density at radius 1 is 1.21 bits per heavy atom. The largest absolute Gasteiger partial charge is 0.451 e. The van der Waals surface area contributed by atoms with Crippen LogP contribution in [0.5, 0.6) is 0 Å². The standard InChI is InChI=1S/C15H9ClFN3O4/c16-9-1-3-12(11(17)7-9)18-19-15(21)14-6-8-5-10(20(22)23)2-4-13(8)24-14/h1-7,18H,(H,19,21). The number of nitro benzene ring substituents is 1. The normalized spacial score (nSPS) is 10.6. The minimum atomic E-state index is -0.664. The lowest BCUT2D eigenvalue weighted by atomic mass is 10.2. The maximum Gasteiger partial charge on any atom is 0.305 e. The van der Waals surface area contributed by atoms with Crippen LogP contribution >= 0.6 is 11.6 Å². The van der Waals surface area contributed by atoms with E-state index in [-0.39, 0.29) is 22.2 Å². The molecule has 122 valence electrons. The Hall–Kier alpha value is -3.13. The number of hydrogen-bond donors (Lipinski definition) is 2. The first-order valence-corrected chi connectivity index (χ1v) is 7.01. The van der Waals surface area contributed by atoms with Crippen molar-refractivity contribution in [3.63, 3.8) is 0 Å². The van der Waals surface area contributed by atoms with Gasteiger partial charge in [0.15, 0.2) is 5.76 Å². The van der Waals surface area contributed by atoms with Gasteiger partial charge in [-0.3, -0.25) is 25.8 Å². The van der Waals surface area contributed by atoms with E-state index in [2.05, 4.69) is 10.9 Å². The van der Waals surface area contributed by atoms with Crippen LogP contribution in [-0.4, -0.2) is 10.8 Å². The predicted molar refractivity (Wildman–Crippen MR) is 85.4 cm³/mol. The van der Waals surface area contributed by atoms with Crippen LogP contribution < -0.4 is 10.9 Å². The van der Waals surface area contributed by atoms with Gasteiger partial charge in [0, 0.05) is 22.5 Å². The third kappa shape index (κ3) is 3.13. The van der Waals surface area contributed by atoms with Crippen LogP contribution in [0, 0.1) is 15.9 Å². The molecule has 0 unspecified atom stereocenters. The van der Waals surface area contributed by atoms with Crippen molar-refractivity contribution in [2.75, 3.05) is 5.43 Å².